The summed E-state index contributed by atoms with van der Waals surface area (Å²) in [4.78, 5) is 32.2. The number of carbonyl (C=O) groups excluding carboxylic acids is 2. The third-order valence-corrected chi connectivity index (χ3v) is 5.58. The second-order valence-corrected chi connectivity index (χ2v) is 7.46. The number of hydrogen-bond acceptors (Lipinski definition) is 6. The molecular formula is C23H16N4O4. The van der Waals surface area contributed by atoms with Crippen molar-refractivity contribution in [2.45, 2.75) is 13.5 Å². The van der Waals surface area contributed by atoms with E-state index in [1.54, 1.807) is 22.9 Å². The zero-order valence-corrected chi connectivity index (χ0v) is 16.5. The van der Waals surface area contributed by atoms with Crippen LogP contribution in [0, 0.1) is 6.92 Å². The largest absolute Gasteiger partial charge is 0.454 e. The average molecular weight is 412 g/mol. The van der Waals surface area contributed by atoms with Gasteiger partial charge in [-0.25, -0.2) is 14.6 Å². The third kappa shape index (κ3) is 2.54. The van der Waals surface area contributed by atoms with Crippen molar-refractivity contribution in [3.8, 4) is 11.5 Å². The lowest BCUT2D eigenvalue weighted by atomic mass is 10.1. The van der Waals surface area contributed by atoms with Crippen molar-refractivity contribution in [3.05, 3.63) is 77.1 Å². The molecule has 0 bridgehead atoms. The summed E-state index contributed by atoms with van der Waals surface area (Å²) in [5.74, 6) is 0.281. The zero-order chi connectivity index (χ0) is 21.1. The Balaban J connectivity index is 1.46. The minimum Gasteiger partial charge on any atom is -0.454 e. The molecule has 0 atom stereocenters. The van der Waals surface area contributed by atoms with Gasteiger partial charge in [-0.3, -0.25) is 9.59 Å². The fourth-order valence-corrected chi connectivity index (χ4v) is 4.15. The van der Waals surface area contributed by atoms with Gasteiger partial charge in [-0.15, -0.1) is 0 Å². The van der Waals surface area contributed by atoms with Crippen LogP contribution >= 0.6 is 0 Å². The number of aryl methyl sites for hydroxylation is 1. The number of anilines is 1. The summed E-state index contributed by atoms with van der Waals surface area (Å²) in [5, 5.41) is 5.21. The number of carbonyl (C=O) groups is 2. The molecule has 2 aliphatic rings. The summed E-state index contributed by atoms with van der Waals surface area (Å²) < 4.78 is 12.5. The summed E-state index contributed by atoms with van der Waals surface area (Å²) in [6.07, 6.45) is 1.47. The van der Waals surface area contributed by atoms with Crippen molar-refractivity contribution in [1.29, 1.82) is 0 Å². The molecule has 0 radical (unpaired) electrons. The first-order chi connectivity index (χ1) is 15.1. The van der Waals surface area contributed by atoms with E-state index in [0.29, 0.717) is 46.0 Å². The van der Waals surface area contributed by atoms with Crippen LogP contribution in [0.2, 0.25) is 0 Å². The molecule has 0 spiro atoms. The van der Waals surface area contributed by atoms with Gasteiger partial charge in [0.25, 0.3) is 11.8 Å². The molecule has 6 rings (SSSR count). The normalized spacial score (nSPS) is 14.5. The Morgan fingerprint density at radius 2 is 1.81 bits per heavy atom. The minimum absolute atomic E-state index is 0.116. The second kappa shape index (κ2) is 6.40. The van der Waals surface area contributed by atoms with E-state index >= 15 is 0 Å². The van der Waals surface area contributed by atoms with Crippen molar-refractivity contribution in [3.63, 3.8) is 0 Å². The molecule has 8 nitrogen and oxygen atoms in total. The van der Waals surface area contributed by atoms with Gasteiger partial charge in [0.1, 0.15) is 0 Å². The number of imide groups is 1. The average Bonchev–Trinajstić information content (AvgIpc) is 3.44. The summed E-state index contributed by atoms with van der Waals surface area (Å²) in [6, 6.07) is 14.9. The maximum Gasteiger partial charge on any atom is 0.267 e. The summed E-state index contributed by atoms with van der Waals surface area (Å²) in [7, 11) is 0. The molecule has 0 aliphatic carbocycles. The van der Waals surface area contributed by atoms with Gasteiger partial charge in [0, 0.05) is 12.3 Å². The lowest BCUT2D eigenvalue weighted by molar-refractivity contribution is 0.0926. The minimum atomic E-state index is -0.413. The standard InChI is InChI=1S/C23H16N4O4/c1-13-19-20-16(10-24-21(19)26(25-13)11-14-5-3-2-4-6-14)22(28)27(23(20)29)15-7-8-17-18(9-15)31-12-30-17/h2-10H,11-12H2,1H3. The van der Waals surface area contributed by atoms with Crippen LogP contribution in [-0.4, -0.2) is 33.4 Å². The van der Waals surface area contributed by atoms with E-state index in [0.717, 1.165) is 10.5 Å². The van der Waals surface area contributed by atoms with Gasteiger partial charge >= 0.3 is 0 Å². The molecule has 31 heavy (non-hydrogen) atoms. The summed E-state index contributed by atoms with van der Waals surface area (Å²) >= 11 is 0. The quantitative estimate of drug-likeness (QED) is 0.480. The lowest BCUT2D eigenvalue weighted by Crippen LogP contribution is -2.29. The zero-order valence-electron chi connectivity index (χ0n) is 16.5. The van der Waals surface area contributed by atoms with E-state index in [1.807, 2.05) is 37.3 Å². The molecule has 0 saturated carbocycles. The van der Waals surface area contributed by atoms with E-state index < -0.39 is 11.8 Å². The lowest BCUT2D eigenvalue weighted by Gasteiger charge is -2.14. The van der Waals surface area contributed by atoms with E-state index in [9.17, 15) is 9.59 Å². The molecule has 2 aromatic heterocycles. The van der Waals surface area contributed by atoms with Crippen molar-refractivity contribution < 1.29 is 19.1 Å². The van der Waals surface area contributed by atoms with Gasteiger partial charge in [-0.1, -0.05) is 30.3 Å². The van der Waals surface area contributed by atoms with Gasteiger partial charge < -0.3 is 9.47 Å². The molecule has 8 heteroatoms. The molecule has 2 aliphatic heterocycles. The number of fused-ring (bicyclic) bond motifs is 4. The van der Waals surface area contributed by atoms with Crippen LogP contribution in [-0.2, 0) is 6.54 Å². The Hall–Kier alpha value is -4.20. The summed E-state index contributed by atoms with van der Waals surface area (Å²) in [5.41, 5.74) is 3.34. The molecule has 0 saturated heterocycles. The van der Waals surface area contributed by atoms with Crippen molar-refractivity contribution in [2.75, 3.05) is 11.7 Å². The molecule has 2 amide bonds. The number of benzene rings is 2. The number of ether oxygens (including phenoxy) is 2. The van der Waals surface area contributed by atoms with E-state index in [-0.39, 0.29) is 12.4 Å². The molecule has 0 fully saturated rings. The first-order valence-corrected chi connectivity index (χ1v) is 9.80. The Morgan fingerprint density at radius 1 is 1.00 bits per heavy atom. The maximum atomic E-state index is 13.4. The first kappa shape index (κ1) is 17.6. The second-order valence-electron chi connectivity index (χ2n) is 7.46. The van der Waals surface area contributed by atoms with E-state index in [2.05, 4.69) is 10.1 Å². The van der Waals surface area contributed by atoms with Gasteiger partial charge in [0.15, 0.2) is 17.1 Å². The van der Waals surface area contributed by atoms with Gasteiger partial charge in [-0.2, -0.15) is 5.10 Å². The summed E-state index contributed by atoms with van der Waals surface area (Å²) in [6.45, 7) is 2.46. The van der Waals surface area contributed by atoms with Crippen LogP contribution in [0.5, 0.6) is 11.5 Å². The SMILES string of the molecule is Cc1nn(Cc2ccccc2)c2ncc3c(c12)C(=O)N(c1ccc2c(c1)OCO2)C3=O. The highest BCUT2D eigenvalue weighted by atomic mass is 16.7. The van der Waals surface area contributed by atoms with E-state index in [4.69, 9.17) is 9.47 Å². The molecule has 4 aromatic rings. The predicted molar refractivity (Wildman–Crippen MR) is 112 cm³/mol. The Bertz CT molecular complexity index is 1390. The molecule has 2 aromatic carbocycles. The number of pyridine rings is 1. The smallest absolute Gasteiger partial charge is 0.267 e. The molecular weight excluding hydrogens is 396 g/mol. The number of nitrogens with zero attached hydrogens (tertiary/aromatic N) is 4. The highest BCUT2D eigenvalue weighted by Crippen LogP contribution is 2.39. The maximum absolute atomic E-state index is 13.4. The monoisotopic (exact) mass is 412 g/mol. The van der Waals surface area contributed by atoms with Crippen molar-refractivity contribution in [2.24, 2.45) is 0 Å². The Morgan fingerprint density at radius 3 is 2.65 bits per heavy atom. The van der Waals surface area contributed by atoms with Gasteiger partial charge in [-0.05, 0) is 24.6 Å². The molecule has 0 N–H and O–H groups in total. The van der Waals surface area contributed by atoms with Crippen LogP contribution < -0.4 is 14.4 Å². The number of hydrogen-bond donors (Lipinski definition) is 0. The Labute approximate surface area is 176 Å². The fraction of sp³-hybridized carbons (Fsp3) is 0.130. The van der Waals surface area contributed by atoms with E-state index in [1.165, 1.54) is 6.20 Å². The first-order valence-electron chi connectivity index (χ1n) is 9.80. The molecule has 4 heterocycles. The van der Waals surface area contributed by atoms with Crippen molar-refractivity contribution >= 4 is 28.5 Å². The highest BCUT2D eigenvalue weighted by Gasteiger charge is 2.40. The number of rotatable bonds is 3. The molecule has 152 valence electrons. The third-order valence-electron chi connectivity index (χ3n) is 5.58. The predicted octanol–water partition coefficient (Wildman–Crippen LogP) is 3.32. The number of amides is 2. The number of aromatic nitrogens is 3. The highest BCUT2D eigenvalue weighted by molar-refractivity contribution is 6.37. The van der Waals surface area contributed by atoms with Crippen LogP contribution in [0.15, 0.2) is 54.7 Å². The van der Waals surface area contributed by atoms with Crippen molar-refractivity contribution in [1.82, 2.24) is 14.8 Å². The van der Waals surface area contributed by atoms with Crippen LogP contribution in [0.25, 0.3) is 11.0 Å². The van der Waals surface area contributed by atoms with Crippen LogP contribution in [0.1, 0.15) is 32.0 Å². The molecule has 0 unspecified atom stereocenters. The van der Waals surface area contributed by atoms with Gasteiger partial charge in [0.2, 0.25) is 6.79 Å². The van der Waals surface area contributed by atoms with Crippen LogP contribution in [0.3, 0.4) is 0 Å². The Kier molecular flexibility index (Phi) is 3.64. The van der Waals surface area contributed by atoms with Crippen LogP contribution in [0.4, 0.5) is 5.69 Å². The van der Waals surface area contributed by atoms with Gasteiger partial charge in [0.05, 0.1) is 34.4 Å². The fourth-order valence-electron chi connectivity index (χ4n) is 4.15. The topological polar surface area (TPSA) is 86.6 Å².